The molecule has 1 fully saturated rings. The van der Waals surface area contributed by atoms with Gasteiger partial charge >= 0.3 is 5.97 Å². The summed E-state index contributed by atoms with van der Waals surface area (Å²) in [6.45, 7) is 3.63. The molecule has 1 N–H and O–H groups in total. The Bertz CT molecular complexity index is 474. The molecule has 0 aliphatic carbocycles. The summed E-state index contributed by atoms with van der Waals surface area (Å²) in [5.41, 5.74) is 0.239. The molecule has 0 spiro atoms. The summed E-state index contributed by atoms with van der Waals surface area (Å²) >= 11 is 0. The van der Waals surface area contributed by atoms with Gasteiger partial charge in [-0.2, -0.15) is 0 Å². The largest absolute Gasteiger partial charge is 0.480 e. The first kappa shape index (κ1) is 13.7. The van der Waals surface area contributed by atoms with Gasteiger partial charge in [-0.25, -0.2) is 8.78 Å². The van der Waals surface area contributed by atoms with Crippen LogP contribution in [0.1, 0.15) is 6.92 Å². The average Bonchev–Trinajstić information content (AvgIpc) is 2.41. The van der Waals surface area contributed by atoms with Crippen LogP contribution in [0.3, 0.4) is 0 Å². The lowest BCUT2D eigenvalue weighted by atomic mass is 10.2. The van der Waals surface area contributed by atoms with Gasteiger partial charge in [0.05, 0.1) is 5.69 Å². The first-order valence-electron chi connectivity index (χ1n) is 6.16. The number of carboxylic acid groups (broad SMARTS) is 1. The van der Waals surface area contributed by atoms with Crippen LogP contribution in [0, 0.1) is 11.6 Å². The molecule has 104 valence electrons. The fourth-order valence-electron chi connectivity index (χ4n) is 2.23. The molecular weight excluding hydrogens is 254 g/mol. The lowest BCUT2D eigenvalue weighted by molar-refractivity contribution is -0.142. The van der Waals surface area contributed by atoms with Crippen molar-refractivity contribution in [3.8, 4) is 0 Å². The van der Waals surface area contributed by atoms with Crippen LogP contribution in [0.15, 0.2) is 18.2 Å². The van der Waals surface area contributed by atoms with Gasteiger partial charge < -0.3 is 10.0 Å². The summed E-state index contributed by atoms with van der Waals surface area (Å²) in [6, 6.07) is 2.81. The Kier molecular flexibility index (Phi) is 3.99. The molecule has 0 radical (unpaired) electrons. The number of benzene rings is 1. The number of carboxylic acids is 1. The summed E-state index contributed by atoms with van der Waals surface area (Å²) in [5.74, 6) is -1.80. The number of anilines is 1. The Balaban J connectivity index is 2.04. The molecule has 2 rings (SSSR count). The van der Waals surface area contributed by atoms with Gasteiger partial charge in [-0.05, 0) is 19.1 Å². The lowest BCUT2D eigenvalue weighted by Gasteiger charge is -2.37. The van der Waals surface area contributed by atoms with Crippen molar-refractivity contribution in [2.24, 2.45) is 0 Å². The molecule has 6 heteroatoms. The minimum absolute atomic E-state index is 0.239. The SMILES string of the molecule is C[C@H](C(=O)O)N1CCN(c2cc(F)ccc2F)CC1. The van der Waals surface area contributed by atoms with Crippen LogP contribution in [0.25, 0.3) is 0 Å². The molecule has 1 aromatic carbocycles. The van der Waals surface area contributed by atoms with Crippen molar-refractivity contribution in [3.05, 3.63) is 29.8 Å². The highest BCUT2D eigenvalue weighted by Gasteiger charge is 2.26. The van der Waals surface area contributed by atoms with Crippen molar-refractivity contribution in [2.75, 3.05) is 31.1 Å². The Labute approximate surface area is 110 Å². The zero-order valence-corrected chi connectivity index (χ0v) is 10.6. The van der Waals surface area contributed by atoms with E-state index in [0.29, 0.717) is 26.2 Å². The van der Waals surface area contributed by atoms with E-state index in [0.717, 1.165) is 12.1 Å². The average molecular weight is 270 g/mol. The number of rotatable bonds is 3. The molecule has 1 aliphatic heterocycles. The molecule has 0 amide bonds. The van der Waals surface area contributed by atoms with Gasteiger partial charge in [-0.15, -0.1) is 0 Å². The maximum Gasteiger partial charge on any atom is 0.320 e. The minimum atomic E-state index is -0.870. The number of nitrogens with zero attached hydrogens (tertiary/aromatic N) is 2. The maximum absolute atomic E-state index is 13.6. The number of halogens is 2. The normalized spacial score (nSPS) is 18.4. The molecule has 19 heavy (non-hydrogen) atoms. The summed E-state index contributed by atoms with van der Waals surface area (Å²) in [5, 5.41) is 8.93. The molecule has 1 saturated heterocycles. The quantitative estimate of drug-likeness (QED) is 0.905. The molecule has 0 unspecified atom stereocenters. The van der Waals surface area contributed by atoms with Crippen molar-refractivity contribution in [3.63, 3.8) is 0 Å². The summed E-state index contributed by atoms with van der Waals surface area (Å²) < 4.78 is 26.8. The number of carbonyl (C=O) groups is 1. The fourth-order valence-corrected chi connectivity index (χ4v) is 2.23. The highest BCUT2D eigenvalue weighted by molar-refractivity contribution is 5.72. The highest BCUT2D eigenvalue weighted by Crippen LogP contribution is 2.22. The highest BCUT2D eigenvalue weighted by atomic mass is 19.1. The van der Waals surface area contributed by atoms with Crippen LogP contribution < -0.4 is 4.90 Å². The van der Waals surface area contributed by atoms with Crippen LogP contribution in [-0.2, 0) is 4.79 Å². The molecule has 1 aromatic rings. The second-order valence-corrected chi connectivity index (χ2v) is 4.63. The molecule has 0 bridgehead atoms. The number of piperazine rings is 1. The van der Waals surface area contributed by atoms with Crippen LogP contribution in [0.4, 0.5) is 14.5 Å². The van der Waals surface area contributed by atoms with Gasteiger partial charge in [0.1, 0.15) is 17.7 Å². The third-order valence-corrected chi connectivity index (χ3v) is 3.47. The predicted molar refractivity (Wildman–Crippen MR) is 67.2 cm³/mol. The zero-order chi connectivity index (χ0) is 14.0. The minimum Gasteiger partial charge on any atom is -0.480 e. The van der Waals surface area contributed by atoms with E-state index in [9.17, 15) is 13.6 Å². The van der Waals surface area contributed by atoms with Gasteiger partial charge in [0, 0.05) is 32.2 Å². The van der Waals surface area contributed by atoms with Gasteiger partial charge in [-0.3, -0.25) is 9.69 Å². The fraction of sp³-hybridized carbons (Fsp3) is 0.462. The van der Waals surface area contributed by atoms with Gasteiger partial charge in [0.15, 0.2) is 0 Å². The summed E-state index contributed by atoms with van der Waals surface area (Å²) in [6.07, 6.45) is 0. The van der Waals surface area contributed by atoms with Crippen molar-refractivity contribution >= 4 is 11.7 Å². The van der Waals surface area contributed by atoms with E-state index in [-0.39, 0.29) is 5.69 Å². The Morgan fingerprint density at radius 3 is 2.47 bits per heavy atom. The van der Waals surface area contributed by atoms with E-state index in [2.05, 4.69) is 0 Å². The Morgan fingerprint density at radius 2 is 1.89 bits per heavy atom. The van der Waals surface area contributed by atoms with Crippen molar-refractivity contribution in [1.82, 2.24) is 4.90 Å². The standard InChI is InChI=1S/C13H16F2N2O2/c1-9(13(18)19)16-4-6-17(7-5-16)12-8-10(14)2-3-11(12)15/h2-3,8-9H,4-7H2,1H3,(H,18,19)/t9-/m1/s1. The van der Waals surface area contributed by atoms with Crippen molar-refractivity contribution in [1.29, 1.82) is 0 Å². The monoisotopic (exact) mass is 270 g/mol. The number of aliphatic carboxylic acids is 1. The molecule has 0 saturated carbocycles. The third-order valence-electron chi connectivity index (χ3n) is 3.47. The lowest BCUT2D eigenvalue weighted by Crippen LogP contribution is -2.52. The summed E-state index contributed by atoms with van der Waals surface area (Å²) in [7, 11) is 0. The van der Waals surface area contributed by atoms with E-state index in [1.54, 1.807) is 11.8 Å². The van der Waals surface area contributed by atoms with Crippen LogP contribution in [0.5, 0.6) is 0 Å². The van der Waals surface area contributed by atoms with E-state index in [4.69, 9.17) is 5.11 Å². The van der Waals surface area contributed by atoms with Crippen LogP contribution in [-0.4, -0.2) is 48.2 Å². The van der Waals surface area contributed by atoms with Gasteiger partial charge in [0.25, 0.3) is 0 Å². The first-order chi connectivity index (χ1) is 8.99. The summed E-state index contributed by atoms with van der Waals surface area (Å²) in [4.78, 5) is 14.4. The van der Waals surface area contributed by atoms with E-state index < -0.39 is 23.6 Å². The Hall–Kier alpha value is -1.69. The molecular formula is C13H16F2N2O2. The smallest absolute Gasteiger partial charge is 0.320 e. The molecule has 4 nitrogen and oxygen atoms in total. The molecule has 1 aliphatic rings. The van der Waals surface area contributed by atoms with Crippen LogP contribution in [0.2, 0.25) is 0 Å². The van der Waals surface area contributed by atoms with Crippen molar-refractivity contribution in [2.45, 2.75) is 13.0 Å². The Morgan fingerprint density at radius 1 is 1.26 bits per heavy atom. The molecule has 1 heterocycles. The first-order valence-corrected chi connectivity index (χ1v) is 6.16. The second-order valence-electron chi connectivity index (χ2n) is 4.63. The maximum atomic E-state index is 13.6. The second kappa shape index (κ2) is 5.52. The van der Waals surface area contributed by atoms with E-state index >= 15 is 0 Å². The topological polar surface area (TPSA) is 43.8 Å². The zero-order valence-electron chi connectivity index (χ0n) is 10.6. The predicted octanol–water partition coefficient (Wildman–Crippen LogP) is 1.56. The number of hydrogen-bond acceptors (Lipinski definition) is 3. The van der Waals surface area contributed by atoms with E-state index in [1.165, 1.54) is 6.07 Å². The van der Waals surface area contributed by atoms with Gasteiger partial charge in [-0.1, -0.05) is 0 Å². The number of hydrogen-bond donors (Lipinski definition) is 1. The van der Waals surface area contributed by atoms with Gasteiger partial charge in [0.2, 0.25) is 0 Å². The molecule has 0 aromatic heterocycles. The van der Waals surface area contributed by atoms with E-state index in [1.807, 2.05) is 4.90 Å². The molecule has 1 atom stereocenters. The van der Waals surface area contributed by atoms with Crippen molar-refractivity contribution < 1.29 is 18.7 Å². The third kappa shape index (κ3) is 3.01. The van der Waals surface area contributed by atoms with Crippen LogP contribution >= 0.6 is 0 Å².